The number of ether oxygens (including phenoxy) is 3. The first kappa shape index (κ1) is 27.7. The zero-order valence-corrected chi connectivity index (χ0v) is 24.1. The molecule has 0 radical (unpaired) electrons. The maximum absolute atomic E-state index is 13.6. The van der Waals surface area contributed by atoms with Gasteiger partial charge in [0.25, 0.3) is 5.91 Å². The lowest BCUT2D eigenvalue weighted by molar-refractivity contribution is -0.133. The van der Waals surface area contributed by atoms with Crippen LogP contribution >= 0.6 is 0 Å². The molecule has 1 fully saturated rings. The van der Waals surface area contributed by atoms with Crippen molar-refractivity contribution in [1.82, 2.24) is 29.3 Å². The minimum absolute atomic E-state index is 0.0252. The first-order chi connectivity index (χ1) is 21.5. The molecule has 226 valence electrons. The maximum atomic E-state index is 13.6. The number of hydrogen-bond acceptors (Lipinski definition) is 8. The number of cyclic esters (lactones) is 1. The van der Waals surface area contributed by atoms with Crippen LogP contribution in [0.15, 0.2) is 67.1 Å². The molecule has 4 aromatic rings. The Morgan fingerprint density at radius 3 is 2.66 bits per heavy atom. The normalized spacial score (nSPS) is 18.6. The summed E-state index contributed by atoms with van der Waals surface area (Å²) >= 11 is 0. The summed E-state index contributed by atoms with van der Waals surface area (Å²) < 4.78 is 18.9. The number of aromatic nitrogens is 3. The minimum atomic E-state index is -0.457. The van der Waals surface area contributed by atoms with Gasteiger partial charge in [-0.2, -0.15) is 5.10 Å². The topological polar surface area (TPSA) is 119 Å². The van der Waals surface area contributed by atoms with Gasteiger partial charge in [0.2, 0.25) is 5.91 Å². The monoisotopic (exact) mass is 596 g/mol. The van der Waals surface area contributed by atoms with Crippen molar-refractivity contribution >= 4 is 23.6 Å². The average Bonchev–Trinajstić information content (AvgIpc) is 3.66. The molecule has 4 aliphatic heterocycles. The standard InChI is InChI=1S/C32H32N6O6/c39-28(21-36-14-17-44-32(36)41)37-12-8-22-18-25-6-7-26(22)29(37)23-4-1-5-24(19-23)42-15-3-10-35(13-16-43-25)31(40)27-20-34-38-11-2-9-33-30(27)38/h1-2,4-7,9,11,18-20,29H,3,8,10,12-17,21H2. The van der Waals surface area contributed by atoms with E-state index < -0.39 is 6.09 Å². The molecule has 12 heteroatoms. The number of hydrogen-bond donors (Lipinski definition) is 0. The molecule has 2 aromatic carbocycles. The molecule has 3 amide bonds. The highest BCUT2D eigenvalue weighted by atomic mass is 16.6. The summed E-state index contributed by atoms with van der Waals surface area (Å²) in [7, 11) is 0. The molecule has 12 nitrogen and oxygen atoms in total. The summed E-state index contributed by atoms with van der Waals surface area (Å²) in [6.07, 6.45) is 5.74. The highest BCUT2D eigenvalue weighted by molar-refractivity contribution is 5.99. The van der Waals surface area contributed by atoms with Crippen LogP contribution < -0.4 is 9.47 Å². The molecule has 8 rings (SSSR count). The summed E-state index contributed by atoms with van der Waals surface area (Å²) in [5.41, 5.74) is 3.95. The molecular weight excluding hydrogens is 564 g/mol. The van der Waals surface area contributed by atoms with Crippen LogP contribution in [0.1, 0.15) is 39.5 Å². The lowest BCUT2D eigenvalue weighted by atomic mass is 9.87. The fourth-order valence-corrected chi connectivity index (χ4v) is 6.10. The number of nitrogens with zero attached hydrogens (tertiary/aromatic N) is 6. The number of amides is 3. The molecule has 1 atom stereocenters. The Hall–Kier alpha value is -5.13. The zero-order valence-electron chi connectivity index (χ0n) is 24.1. The van der Waals surface area contributed by atoms with Crippen LogP contribution in [-0.2, 0) is 16.0 Å². The fraction of sp³-hybridized carbons (Fsp3) is 0.344. The molecule has 6 bridgehead atoms. The highest BCUT2D eigenvalue weighted by Gasteiger charge is 2.35. The average molecular weight is 597 g/mol. The third-order valence-corrected chi connectivity index (χ3v) is 8.28. The van der Waals surface area contributed by atoms with Crippen molar-refractivity contribution in [2.24, 2.45) is 0 Å². The van der Waals surface area contributed by atoms with Crippen molar-refractivity contribution in [2.45, 2.75) is 18.9 Å². The van der Waals surface area contributed by atoms with E-state index >= 15 is 0 Å². The number of fused-ring (bicyclic) bond motifs is 9. The van der Waals surface area contributed by atoms with Gasteiger partial charge in [0.05, 0.1) is 31.9 Å². The second-order valence-corrected chi connectivity index (χ2v) is 11.0. The third kappa shape index (κ3) is 5.38. The lowest BCUT2D eigenvalue weighted by Crippen LogP contribution is -2.45. The van der Waals surface area contributed by atoms with E-state index in [1.807, 2.05) is 47.4 Å². The summed E-state index contributed by atoms with van der Waals surface area (Å²) in [6.45, 7) is 2.70. The van der Waals surface area contributed by atoms with Gasteiger partial charge in [0.15, 0.2) is 5.65 Å². The van der Waals surface area contributed by atoms with Crippen molar-refractivity contribution in [3.05, 3.63) is 89.4 Å². The van der Waals surface area contributed by atoms with Gasteiger partial charge in [-0.15, -0.1) is 0 Å². The quantitative estimate of drug-likeness (QED) is 0.354. The first-order valence-electron chi connectivity index (χ1n) is 14.8. The van der Waals surface area contributed by atoms with Crippen LogP contribution in [0.5, 0.6) is 11.5 Å². The molecule has 6 heterocycles. The number of carbonyl (C=O) groups is 3. The Bertz CT molecular complexity index is 1720. The molecule has 0 N–H and O–H groups in total. The van der Waals surface area contributed by atoms with Gasteiger partial charge in [0, 0.05) is 25.5 Å². The molecule has 1 saturated heterocycles. The van der Waals surface area contributed by atoms with Crippen molar-refractivity contribution < 1.29 is 28.6 Å². The van der Waals surface area contributed by atoms with Crippen LogP contribution in [0.4, 0.5) is 4.79 Å². The van der Waals surface area contributed by atoms with Gasteiger partial charge in [-0.25, -0.2) is 14.3 Å². The van der Waals surface area contributed by atoms with Gasteiger partial charge in [0.1, 0.15) is 36.8 Å². The number of carbonyl (C=O) groups excluding carboxylic acids is 3. The summed E-state index contributed by atoms with van der Waals surface area (Å²) in [4.78, 5) is 48.7. The second kappa shape index (κ2) is 11.9. The van der Waals surface area contributed by atoms with Crippen molar-refractivity contribution in [3.8, 4) is 11.5 Å². The molecule has 0 aliphatic carbocycles. The fourth-order valence-electron chi connectivity index (χ4n) is 6.10. The van der Waals surface area contributed by atoms with Crippen LogP contribution in [0.3, 0.4) is 0 Å². The van der Waals surface area contributed by atoms with E-state index in [4.69, 9.17) is 14.2 Å². The molecule has 44 heavy (non-hydrogen) atoms. The molecular formula is C32H32N6O6. The smallest absolute Gasteiger partial charge is 0.410 e. The Balaban J connectivity index is 1.17. The number of benzene rings is 2. The minimum Gasteiger partial charge on any atom is -0.494 e. The number of rotatable bonds is 3. The molecule has 0 spiro atoms. The van der Waals surface area contributed by atoms with Crippen LogP contribution in [0, 0.1) is 0 Å². The second-order valence-electron chi connectivity index (χ2n) is 11.0. The maximum Gasteiger partial charge on any atom is 0.410 e. The highest BCUT2D eigenvalue weighted by Crippen LogP contribution is 2.38. The van der Waals surface area contributed by atoms with E-state index in [0.717, 1.165) is 16.7 Å². The Morgan fingerprint density at radius 1 is 0.909 bits per heavy atom. The third-order valence-electron chi connectivity index (χ3n) is 8.28. The predicted octanol–water partition coefficient (Wildman–Crippen LogP) is 2.96. The van der Waals surface area contributed by atoms with E-state index in [9.17, 15) is 14.4 Å². The van der Waals surface area contributed by atoms with Gasteiger partial charge < -0.3 is 24.0 Å². The first-order valence-corrected chi connectivity index (χ1v) is 14.8. The Labute approximate surface area is 253 Å². The SMILES string of the molecule is O=C1OCCN1CC(=O)N1CCc2cc3ccc2C1c1cccc(c1)OCCCN(C(=O)c1cnn2cccnc12)CCO3. The largest absolute Gasteiger partial charge is 0.494 e. The van der Waals surface area contributed by atoms with Crippen LogP contribution in [0.2, 0.25) is 0 Å². The molecule has 1 unspecified atom stereocenters. The van der Waals surface area contributed by atoms with E-state index in [0.29, 0.717) is 81.6 Å². The molecule has 4 aliphatic rings. The van der Waals surface area contributed by atoms with E-state index in [-0.39, 0.29) is 24.4 Å². The molecule has 0 saturated carbocycles. The van der Waals surface area contributed by atoms with Gasteiger partial charge in [-0.3, -0.25) is 14.5 Å². The lowest BCUT2D eigenvalue weighted by Gasteiger charge is -2.38. The van der Waals surface area contributed by atoms with Gasteiger partial charge >= 0.3 is 6.09 Å². The van der Waals surface area contributed by atoms with E-state index in [1.54, 1.807) is 34.1 Å². The Kier molecular flexibility index (Phi) is 7.47. The van der Waals surface area contributed by atoms with Crippen molar-refractivity contribution in [1.29, 1.82) is 0 Å². The van der Waals surface area contributed by atoms with Crippen molar-refractivity contribution in [3.63, 3.8) is 0 Å². The van der Waals surface area contributed by atoms with E-state index in [2.05, 4.69) is 10.1 Å². The summed E-state index contributed by atoms with van der Waals surface area (Å²) in [5, 5.41) is 4.28. The van der Waals surface area contributed by atoms with Gasteiger partial charge in [-0.05, 0) is 59.9 Å². The van der Waals surface area contributed by atoms with Crippen LogP contribution in [-0.4, -0.2) is 99.7 Å². The van der Waals surface area contributed by atoms with Gasteiger partial charge in [-0.1, -0.05) is 18.2 Å². The summed E-state index contributed by atoms with van der Waals surface area (Å²) in [5.74, 6) is 1.09. The van der Waals surface area contributed by atoms with Crippen molar-refractivity contribution in [2.75, 3.05) is 52.5 Å². The molecule has 2 aromatic heterocycles. The Morgan fingerprint density at radius 2 is 1.77 bits per heavy atom. The van der Waals surface area contributed by atoms with Crippen LogP contribution in [0.25, 0.3) is 5.65 Å². The van der Waals surface area contributed by atoms with E-state index in [1.165, 1.54) is 4.90 Å². The predicted molar refractivity (Wildman–Crippen MR) is 158 cm³/mol. The summed E-state index contributed by atoms with van der Waals surface area (Å²) in [6, 6.07) is 15.1. The zero-order chi connectivity index (χ0) is 30.0.